The molecular weight excluding hydrogens is 176 g/mol. The molecule has 70 valence electrons. The van der Waals surface area contributed by atoms with Crippen molar-refractivity contribution in [2.45, 2.75) is 12.3 Å². The van der Waals surface area contributed by atoms with Crippen molar-refractivity contribution >= 4 is 0 Å². The van der Waals surface area contributed by atoms with Gasteiger partial charge >= 0.3 is 0 Å². The number of hydrogen-bond acceptors (Lipinski definition) is 2. The second-order valence-electron chi connectivity index (χ2n) is 3.53. The molecule has 0 atom stereocenters. The van der Waals surface area contributed by atoms with Gasteiger partial charge in [0.1, 0.15) is 0 Å². The number of rotatable bonds is 1. The Morgan fingerprint density at radius 2 is 2.08 bits per heavy atom. The van der Waals surface area contributed by atoms with Gasteiger partial charge in [0.15, 0.2) is 0 Å². The van der Waals surface area contributed by atoms with Gasteiger partial charge in [-0.3, -0.25) is 0 Å². The summed E-state index contributed by atoms with van der Waals surface area (Å²) in [7, 11) is 0. The zero-order chi connectivity index (χ0) is 9.47. The van der Waals surface area contributed by atoms with E-state index in [0.717, 1.165) is 0 Å². The van der Waals surface area contributed by atoms with E-state index in [1.165, 1.54) is 12.1 Å². The van der Waals surface area contributed by atoms with Crippen LogP contribution in [0.4, 0.5) is 8.78 Å². The molecule has 0 N–H and O–H groups in total. The third kappa shape index (κ3) is 1.31. The van der Waals surface area contributed by atoms with Crippen molar-refractivity contribution in [2.75, 3.05) is 13.2 Å². The normalized spacial score (nSPS) is 19.6. The number of ether oxygens (including phenoxy) is 1. The molecule has 1 saturated heterocycles. The average molecular weight is 185 g/mol. The molecule has 0 amide bonds. The first-order chi connectivity index (χ1) is 6.12. The summed E-state index contributed by atoms with van der Waals surface area (Å²) in [4.78, 5) is 3.13. The van der Waals surface area contributed by atoms with Crippen LogP contribution in [0.5, 0.6) is 0 Å². The van der Waals surface area contributed by atoms with Gasteiger partial charge in [-0.15, -0.1) is 0 Å². The van der Waals surface area contributed by atoms with Crippen LogP contribution in [0.25, 0.3) is 0 Å². The fourth-order valence-corrected chi connectivity index (χ4v) is 1.43. The molecule has 0 spiro atoms. The lowest BCUT2D eigenvalue weighted by atomic mass is 9.81. The van der Waals surface area contributed by atoms with E-state index in [1.807, 2.05) is 6.92 Å². The highest BCUT2D eigenvalue weighted by Crippen LogP contribution is 2.32. The lowest BCUT2D eigenvalue weighted by molar-refractivity contribution is -0.0519. The molecule has 0 bridgehead atoms. The molecular formula is C9H9F2NO. The Kier molecular flexibility index (Phi) is 1.80. The van der Waals surface area contributed by atoms with E-state index >= 15 is 0 Å². The van der Waals surface area contributed by atoms with Gasteiger partial charge in [-0.05, 0) is 12.1 Å². The van der Waals surface area contributed by atoms with E-state index in [4.69, 9.17) is 4.74 Å². The predicted octanol–water partition coefficient (Wildman–Crippen LogP) is 1.65. The Balaban J connectivity index is 2.40. The highest BCUT2D eigenvalue weighted by atomic mass is 19.1. The van der Waals surface area contributed by atoms with Gasteiger partial charge in [0.25, 0.3) is 0 Å². The Morgan fingerprint density at radius 1 is 1.38 bits per heavy atom. The number of hydrogen-bond donors (Lipinski definition) is 0. The molecule has 2 nitrogen and oxygen atoms in total. The van der Waals surface area contributed by atoms with E-state index in [2.05, 4.69) is 4.98 Å². The van der Waals surface area contributed by atoms with Gasteiger partial charge in [-0.25, -0.2) is 0 Å². The molecule has 1 aromatic heterocycles. The van der Waals surface area contributed by atoms with Crippen LogP contribution in [0.1, 0.15) is 12.5 Å². The van der Waals surface area contributed by atoms with E-state index < -0.39 is 11.9 Å². The number of pyridine rings is 1. The SMILES string of the molecule is CC1(c2ccc(F)nc2F)COC1. The minimum Gasteiger partial charge on any atom is -0.379 e. The summed E-state index contributed by atoms with van der Waals surface area (Å²) in [5, 5.41) is 0. The Bertz CT molecular complexity index is 336. The quantitative estimate of drug-likeness (QED) is 0.620. The van der Waals surface area contributed by atoms with E-state index in [1.54, 1.807) is 0 Å². The fraction of sp³-hybridized carbons (Fsp3) is 0.444. The lowest BCUT2D eigenvalue weighted by Gasteiger charge is -2.38. The Morgan fingerprint density at radius 3 is 2.54 bits per heavy atom. The molecule has 1 aromatic rings. The van der Waals surface area contributed by atoms with Crippen molar-refractivity contribution < 1.29 is 13.5 Å². The second kappa shape index (κ2) is 2.73. The number of nitrogens with zero attached hydrogens (tertiary/aromatic N) is 1. The fourth-order valence-electron chi connectivity index (χ4n) is 1.43. The maximum absolute atomic E-state index is 13.2. The third-order valence-electron chi connectivity index (χ3n) is 2.31. The van der Waals surface area contributed by atoms with Crippen LogP contribution in [0, 0.1) is 11.9 Å². The zero-order valence-electron chi connectivity index (χ0n) is 7.18. The summed E-state index contributed by atoms with van der Waals surface area (Å²) in [6, 6.07) is 2.60. The summed E-state index contributed by atoms with van der Waals surface area (Å²) in [5.41, 5.74) is 0.102. The van der Waals surface area contributed by atoms with Crippen molar-refractivity contribution in [3.05, 3.63) is 29.6 Å². The van der Waals surface area contributed by atoms with Crippen LogP contribution >= 0.6 is 0 Å². The molecule has 13 heavy (non-hydrogen) atoms. The third-order valence-corrected chi connectivity index (χ3v) is 2.31. The van der Waals surface area contributed by atoms with E-state index in [0.29, 0.717) is 18.8 Å². The number of halogens is 2. The first kappa shape index (κ1) is 8.56. The molecule has 0 aliphatic carbocycles. The topological polar surface area (TPSA) is 22.1 Å². The van der Waals surface area contributed by atoms with Gasteiger partial charge in [-0.2, -0.15) is 13.8 Å². The van der Waals surface area contributed by atoms with Gasteiger partial charge in [0.05, 0.1) is 13.2 Å². The zero-order valence-corrected chi connectivity index (χ0v) is 7.18. The first-order valence-corrected chi connectivity index (χ1v) is 4.02. The average Bonchev–Trinajstić information content (AvgIpc) is 2.00. The maximum Gasteiger partial charge on any atom is 0.219 e. The van der Waals surface area contributed by atoms with Crippen LogP contribution in [0.15, 0.2) is 12.1 Å². The molecule has 4 heteroatoms. The van der Waals surface area contributed by atoms with E-state index in [9.17, 15) is 8.78 Å². The van der Waals surface area contributed by atoms with E-state index in [-0.39, 0.29) is 5.41 Å². The molecule has 0 radical (unpaired) electrons. The standard InChI is InChI=1S/C9H9F2NO/c1-9(4-13-5-9)6-2-3-7(10)12-8(6)11/h2-3H,4-5H2,1H3. The maximum atomic E-state index is 13.2. The van der Waals surface area contributed by atoms with Crippen molar-refractivity contribution in [3.63, 3.8) is 0 Å². The van der Waals surface area contributed by atoms with Gasteiger partial charge < -0.3 is 4.74 Å². The second-order valence-corrected chi connectivity index (χ2v) is 3.53. The van der Waals surface area contributed by atoms with Crippen molar-refractivity contribution in [1.29, 1.82) is 0 Å². The minimum atomic E-state index is -0.787. The van der Waals surface area contributed by atoms with Crippen molar-refractivity contribution in [2.24, 2.45) is 0 Å². The highest BCUT2D eigenvalue weighted by molar-refractivity contribution is 5.25. The largest absolute Gasteiger partial charge is 0.379 e. The lowest BCUT2D eigenvalue weighted by Crippen LogP contribution is -2.44. The van der Waals surface area contributed by atoms with Crippen molar-refractivity contribution in [1.82, 2.24) is 4.98 Å². The molecule has 2 rings (SSSR count). The molecule has 0 saturated carbocycles. The molecule has 2 heterocycles. The van der Waals surface area contributed by atoms with Gasteiger partial charge in [0.2, 0.25) is 11.9 Å². The molecule has 0 unspecified atom stereocenters. The molecule has 1 aliphatic heterocycles. The summed E-state index contributed by atoms with van der Waals surface area (Å²) in [5.74, 6) is -1.52. The summed E-state index contributed by atoms with van der Waals surface area (Å²) < 4.78 is 30.6. The molecule has 0 aromatic carbocycles. The predicted molar refractivity (Wildman–Crippen MR) is 42.3 cm³/mol. The highest BCUT2D eigenvalue weighted by Gasteiger charge is 2.37. The van der Waals surface area contributed by atoms with Crippen LogP contribution in [0.2, 0.25) is 0 Å². The van der Waals surface area contributed by atoms with Crippen LogP contribution in [-0.2, 0) is 10.2 Å². The summed E-state index contributed by atoms with van der Waals surface area (Å²) >= 11 is 0. The van der Waals surface area contributed by atoms with Gasteiger partial charge in [0, 0.05) is 11.0 Å². The van der Waals surface area contributed by atoms with Gasteiger partial charge in [-0.1, -0.05) is 6.92 Å². The molecule has 1 aliphatic rings. The van der Waals surface area contributed by atoms with Crippen LogP contribution in [-0.4, -0.2) is 18.2 Å². The van der Waals surface area contributed by atoms with Crippen LogP contribution < -0.4 is 0 Å². The van der Waals surface area contributed by atoms with Crippen LogP contribution in [0.3, 0.4) is 0 Å². The monoisotopic (exact) mass is 185 g/mol. The summed E-state index contributed by atoms with van der Waals surface area (Å²) in [6.45, 7) is 2.81. The summed E-state index contributed by atoms with van der Waals surface area (Å²) in [6.07, 6.45) is 0. The first-order valence-electron chi connectivity index (χ1n) is 4.02. The Hall–Kier alpha value is -1.03. The molecule has 1 fully saturated rings. The number of aromatic nitrogens is 1. The minimum absolute atomic E-state index is 0.329. The Labute approximate surface area is 74.5 Å². The van der Waals surface area contributed by atoms with Crippen molar-refractivity contribution in [3.8, 4) is 0 Å². The smallest absolute Gasteiger partial charge is 0.219 e.